The highest BCUT2D eigenvalue weighted by atomic mass is 32.2. The van der Waals surface area contributed by atoms with Gasteiger partial charge in [0.2, 0.25) is 11.8 Å². The van der Waals surface area contributed by atoms with Crippen LogP contribution in [0, 0.1) is 12.7 Å². The molecule has 3 rings (SSSR count). The van der Waals surface area contributed by atoms with Crippen molar-refractivity contribution in [2.75, 3.05) is 18.0 Å². The molecule has 3 aromatic carbocycles. The molecule has 0 aliphatic rings. The lowest BCUT2D eigenvalue weighted by Gasteiger charge is -2.33. The van der Waals surface area contributed by atoms with E-state index >= 15 is 0 Å². The number of carbonyl (C=O) groups excluding carboxylic acids is 2. The van der Waals surface area contributed by atoms with E-state index in [-0.39, 0.29) is 22.9 Å². The molecule has 0 radical (unpaired) electrons. The lowest BCUT2D eigenvalue weighted by molar-refractivity contribution is -0.140. The predicted octanol–water partition coefficient (Wildman–Crippen LogP) is 4.67. The molecular weight excluding hydrogens is 533 g/mol. The van der Waals surface area contributed by atoms with Gasteiger partial charge >= 0.3 is 0 Å². The van der Waals surface area contributed by atoms with Crippen LogP contribution in [0.1, 0.15) is 38.8 Å². The summed E-state index contributed by atoms with van der Waals surface area (Å²) in [5, 5.41) is 2.87. The summed E-state index contributed by atoms with van der Waals surface area (Å²) in [7, 11) is -2.82. The summed E-state index contributed by atoms with van der Waals surface area (Å²) in [6.45, 7) is 8.23. The second-order valence-electron chi connectivity index (χ2n) is 10.6. The van der Waals surface area contributed by atoms with Gasteiger partial charge in [-0.2, -0.15) is 0 Å². The van der Waals surface area contributed by atoms with Crippen LogP contribution in [0.25, 0.3) is 0 Å². The smallest absolute Gasteiger partial charge is 0.264 e. The van der Waals surface area contributed by atoms with Crippen molar-refractivity contribution in [3.8, 4) is 5.75 Å². The number of benzene rings is 3. The number of carbonyl (C=O) groups is 2. The molecule has 0 heterocycles. The van der Waals surface area contributed by atoms with Crippen molar-refractivity contribution in [3.05, 3.63) is 89.7 Å². The summed E-state index contributed by atoms with van der Waals surface area (Å²) < 4.78 is 47.9. The number of para-hydroxylation sites is 2. The first-order chi connectivity index (χ1) is 18.7. The molecule has 0 bridgehead atoms. The molecule has 214 valence electrons. The van der Waals surface area contributed by atoms with Crippen LogP contribution in [0.15, 0.2) is 77.7 Å². The number of hydrogen-bond acceptors (Lipinski definition) is 5. The van der Waals surface area contributed by atoms with Crippen molar-refractivity contribution in [1.29, 1.82) is 0 Å². The zero-order valence-electron chi connectivity index (χ0n) is 23.6. The molecule has 0 aromatic heterocycles. The van der Waals surface area contributed by atoms with Gasteiger partial charge in [0.05, 0.1) is 17.7 Å². The highest BCUT2D eigenvalue weighted by molar-refractivity contribution is 7.92. The van der Waals surface area contributed by atoms with E-state index in [1.807, 2.05) is 27.7 Å². The van der Waals surface area contributed by atoms with Crippen LogP contribution < -0.4 is 14.4 Å². The van der Waals surface area contributed by atoms with Gasteiger partial charge in [0.15, 0.2) is 0 Å². The van der Waals surface area contributed by atoms with Gasteiger partial charge in [-0.1, -0.05) is 42.0 Å². The Balaban J connectivity index is 2.07. The molecule has 1 N–H and O–H groups in total. The third-order valence-corrected chi connectivity index (χ3v) is 7.95. The van der Waals surface area contributed by atoms with Crippen molar-refractivity contribution >= 4 is 27.5 Å². The summed E-state index contributed by atoms with van der Waals surface area (Å²) in [4.78, 5) is 28.4. The molecular formula is C30H36FN3O5S. The first-order valence-corrected chi connectivity index (χ1v) is 14.3. The molecule has 0 fully saturated rings. The average molecular weight is 570 g/mol. The number of amides is 2. The fourth-order valence-electron chi connectivity index (χ4n) is 4.03. The maximum absolute atomic E-state index is 14.0. The van der Waals surface area contributed by atoms with Crippen LogP contribution in [-0.4, -0.2) is 50.4 Å². The number of aryl methyl sites for hydroxylation is 1. The number of rotatable bonds is 10. The summed E-state index contributed by atoms with van der Waals surface area (Å²) in [5.74, 6) is -1.21. The fourth-order valence-corrected chi connectivity index (χ4v) is 5.45. The second-order valence-corrected chi connectivity index (χ2v) is 12.4. The Bertz CT molecular complexity index is 1440. The summed E-state index contributed by atoms with van der Waals surface area (Å²) in [6, 6.07) is 17.4. The largest absolute Gasteiger partial charge is 0.495 e. The third kappa shape index (κ3) is 7.59. The Morgan fingerprint density at radius 3 is 2.15 bits per heavy atom. The van der Waals surface area contributed by atoms with Crippen molar-refractivity contribution in [1.82, 2.24) is 10.2 Å². The van der Waals surface area contributed by atoms with Gasteiger partial charge in [0.25, 0.3) is 10.0 Å². The van der Waals surface area contributed by atoms with Gasteiger partial charge in [0.1, 0.15) is 24.2 Å². The van der Waals surface area contributed by atoms with Crippen molar-refractivity contribution in [2.24, 2.45) is 0 Å². The van der Waals surface area contributed by atoms with Gasteiger partial charge in [-0.25, -0.2) is 12.8 Å². The van der Waals surface area contributed by atoms with Gasteiger partial charge in [-0.15, -0.1) is 0 Å². The number of nitrogens with one attached hydrogen (secondary N) is 1. The first-order valence-electron chi connectivity index (χ1n) is 12.8. The lowest BCUT2D eigenvalue weighted by atomic mass is 10.1. The lowest BCUT2D eigenvalue weighted by Crippen LogP contribution is -2.54. The number of anilines is 1. The fraction of sp³-hybridized carbons (Fsp3) is 0.333. The van der Waals surface area contributed by atoms with E-state index in [0.717, 1.165) is 9.87 Å². The van der Waals surface area contributed by atoms with Crippen LogP contribution in [0.4, 0.5) is 10.1 Å². The van der Waals surface area contributed by atoms with Crippen LogP contribution in [0.2, 0.25) is 0 Å². The number of methoxy groups -OCH3 is 1. The Kier molecular flexibility index (Phi) is 9.57. The Hall–Kier alpha value is -3.92. The molecule has 8 nitrogen and oxygen atoms in total. The van der Waals surface area contributed by atoms with E-state index in [1.165, 1.54) is 48.4 Å². The second kappa shape index (κ2) is 12.5. The molecule has 1 atom stereocenters. The van der Waals surface area contributed by atoms with Gasteiger partial charge in [0, 0.05) is 12.1 Å². The van der Waals surface area contributed by atoms with Crippen LogP contribution in [0.3, 0.4) is 0 Å². The quantitative estimate of drug-likeness (QED) is 0.383. The molecule has 0 saturated heterocycles. The predicted molar refractivity (Wildman–Crippen MR) is 153 cm³/mol. The van der Waals surface area contributed by atoms with Crippen LogP contribution in [0.5, 0.6) is 5.75 Å². The zero-order valence-corrected chi connectivity index (χ0v) is 24.5. The number of hydrogen-bond donors (Lipinski definition) is 1. The Labute approximate surface area is 235 Å². The Morgan fingerprint density at radius 2 is 1.57 bits per heavy atom. The molecule has 0 saturated carbocycles. The van der Waals surface area contributed by atoms with Crippen molar-refractivity contribution < 1.29 is 27.1 Å². The molecule has 0 spiro atoms. The topological polar surface area (TPSA) is 96.0 Å². The number of nitrogens with zero attached hydrogens (tertiary/aromatic N) is 2. The maximum atomic E-state index is 14.0. The molecule has 10 heteroatoms. The number of ether oxygens (including phenoxy) is 1. The molecule has 0 aliphatic heterocycles. The van der Waals surface area contributed by atoms with Crippen molar-refractivity contribution in [2.45, 2.75) is 57.6 Å². The molecule has 0 aliphatic carbocycles. The SMILES string of the molecule is COc1ccccc1N(CC(=O)N(Cc1ccc(F)cc1)[C@H](C)C(=O)NC(C)(C)C)S(=O)(=O)c1ccc(C)cc1. The van der Waals surface area contributed by atoms with E-state index < -0.39 is 45.8 Å². The minimum absolute atomic E-state index is 0.000384. The maximum Gasteiger partial charge on any atom is 0.264 e. The Morgan fingerprint density at radius 1 is 0.975 bits per heavy atom. The highest BCUT2D eigenvalue weighted by Gasteiger charge is 2.34. The van der Waals surface area contributed by atoms with Crippen LogP contribution in [-0.2, 0) is 26.2 Å². The highest BCUT2D eigenvalue weighted by Crippen LogP contribution is 2.32. The molecule has 40 heavy (non-hydrogen) atoms. The van der Waals surface area contributed by atoms with E-state index in [0.29, 0.717) is 5.56 Å². The van der Waals surface area contributed by atoms with Crippen LogP contribution >= 0.6 is 0 Å². The zero-order chi connectivity index (χ0) is 29.7. The third-order valence-electron chi connectivity index (χ3n) is 6.17. The molecule has 2 amide bonds. The average Bonchev–Trinajstić information content (AvgIpc) is 2.90. The minimum atomic E-state index is -4.23. The number of sulfonamides is 1. The van der Waals surface area contributed by atoms with E-state index in [2.05, 4.69) is 5.32 Å². The summed E-state index contributed by atoms with van der Waals surface area (Å²) in [5.41, 5.74) is 1.07. The molecule has 0 unspecified atom stereocenters. The van der Waals surface area contributed by atoms with Gasteiger partial charge in [-0.3, -0.25) is 13.9 Å². The van der Waals surface area contributed by atoms with E-state index in [1.54, 1.807) is 43.3 Å². The molecule has 3 aromatic rings. The first kappa shape index (κ1) is 30.6. The minimum Gasteiger partial charge on any atom is -0.495 e. The normalized spacial score (nSPS) is 12.4. The van der Waals surface area contributed by atoms with E-state index in [9.17, 15) is 22.4 Å². The monoisotopic (exact) mass is 569 g/mol. The number of halogens is 1. The summed E-state index contributed by atoms with van der Waals surface area (Å²) >= 11 is 0. The van der Waals surface area contributed by atoms with Gasteiger partial charge in [-0.05, 0) is 76.6 Å². The standard InChI is InChI=1S/C30H36FN3O5S/c1-21-11-17-25(18-12-21)40(37,38)34(26-9-7-8-10-27(26)39-6)20-28(35)33(19-23-13-15-24(31)16-14-23)22(2)29(36)32-30(3,4)5/h7-18,22H,19-20H2,1-6H3,(H,32,36)/t22-/m1/s1. The van der Waals surface area contributed by atoms with Crippen molar-refractivity contribution in [3.63, 3.8) is 0 Å². The van der Waals surface area contributed by atoms with E-state index in [4.69, 9.17) is 4.74 Å². The summed E-state index contributed by atoms with van der Waals surface area (Å²) in [6.07, 6.45) is 0. The van der Waals surface area contributed by atoms with Gasteiger partial charge < -0.3 is 15.0 Å².